The third-order valence-corrected chi connectivity index (χ3v) is 15.9. The monoisotopic (exact) mass is 460 g/mol. The fraction of sp³-hybridized carbons (Fsp3) is 1.00. The molecule has 9 saturated carbocycles. The SMILES string of the molecule is CCCCCCCCCCCC1CC2C1C1C2C2C1C1C2C2C3C4C5C(CC)C(C)C5C4C3C12. The summed E-state index contributed by atoms with van der Waals surface area (Å²) < 4.78 is 0. The lowest BCUT2D eigenvalue weighted by Crippen LogP contribution is -2.93. The molecule has 9 aliphatic rings. The molecule has 0 N–H and O–H groups in total. The van der Waals surface area contributed by atoms with Gasteiger partial charge in [-0.15, -0.1) is 0 Å². The predicted molar refractivity (Wildman–Crippen MR) is 139 cm³/mol. The van der Waals surface area contributed by atoms with Gasteiger partial charge in [0.05, 0.1) is 0 Å². The standard InChI is InChI=1S/C34H52/c1-4-6-7-8-9-10-11-12-13-14-17-15-19-21(17)25-23(19)27-29(25)33-31(27)34-30-26-22-18(5-2)16(3)20(22)24(26)28(30)32(33)34/h16-34H,4-15H2,1-3H3. The van der Waals surface area contributed by atoms with Crippen molar-refractivity contribution < 1.29 is 0 Å². The van der Waals surface area contributed by atoms with Crippen molar-refractivity contribution in [2.24, 2.45) is 112 Å². The Hall–Kier alpha value is 0. The molecule has 0 radical (unpaired) electrons. The molecule has 9 rings (SSSR count). The summed E-state index contributed by atoms with van der Waals surface area (Å²) in [6, 6.07) is 0. The molecule has 19 unspecified atom stereocenters. The Balaban J connectivity index is 0.760. The van der Waals surface area contributed by atoms with Crippen molar-refractivity contribution in [2.45, 2.75) is 97.8 Å². The molecule has 0 spiro atoms. The molecule has 188 valence electrons. The molecule has 0 heteroatoms. The minimum absolute atomic E-state index is 1.10. The van der Waals surface area contributed by atoms with Crippen LogP contribution in [0.25, 0.3) is 0 Å². The van der Waals surface area contributed by atoms with Gasteiger partial charge in [-0.1, -0.05) is 91.4 Å². The lowest BCUT2D eigenvalue weighted by molar-refractivity contribution is -0.494. The van der Waals surface area contributed by atoms with Crippen LogP contribution < -0.4 is 0 Å². The molecule has 0 nitrogen and oxygen atoms in total. The van der Waals surface area contributed by atoms with Crippen LogP contribution in [0.2, 0.25) is 0 Å². The van der Waals surface area contributed by atoms with Gasteiger partial charge in [-0.25, -0.2) is 0 Å². The molecule has 0 bridgehead atoms. The summed E-state index contributed by atoms with van der Waals surface area (Å²) >= 11 is 0. The van der Waals surface area contributed by atoms with E-state index in [4.69, 9.17) is 0 Å². The van der Waals surface area contributed by atoms with Crippen LogP contribution in [0.3, 0.4) is 0 Å². The lowest BCUT2D eigenvalue weighted by atomic mass is 9.08. The Kier molecular flexibility index (Phi) is 4.38. The van der Waals surface area contributed by atoms with E-state index in [0.717, 1.165) is 11.8 Å². The number of fused-ring (bicyclic) bond motifs is 22. The second-order valence-corrected chi connectivity index (χ2v) is 15.9. The van der Waals surface area contributed by atoms with E-state index in [1.807, 2.05) is 0 Å². The van der Waals surface area contributed by atoms with E-state index in [0.29, 0.717) is 0 Å². The maximum atomic E-state index is 2.63. The zero-order valence-electron chi connectivity index (χ0n) is 22.5. The molecule has 0 aromatic carbocycles. The molecular weight excluding hydrogens is 408 g/mol. The first kappa shape index (κ1) is 21.0. The summed E-state index contributed by atoms with van der Waals surface area (Å²) in [7, 11) is 0. The second kappa shape index (κ2) is 7.10. The van der Waals surface area contributed by atoms with Gasteiger partial charge in [0, 0.05) is 0 Å². The van der Waals surface area contributed by atoms with E-state index in [1.165, 1.54) is 152 Å². The van der Waals surface area contributed by atoms with Crippen LogP contribution in [0.15, 0.2) is 0 Å². The van der Waals surface area contributed by atoms with Crippen LogP contribution >= 0.6 is 0 Å². The first-order valence-electron chi connectivity index (χ1n) is 16.8. The van der Waals surface area contributed by atoms with Crippen molar-refractivity contribution in [3.8, 4) is 0 Å². The predicted octanol–water partition coefficient (Wildman–Crippen LogP) is 8.56. The normalized spacial score (nSPS) is 65.2. The molecule has 9 fully saturated rings. The topological polar surface area (TPSA) is 0 Å². The van der Waals surface area contributed by atoms with Gasteiger partial charge in [0.15, 0.2) is 0 Å². The van der Waals surface area contributed by atoms with E-state index in [-0.39, 0.29) is 0 Å². The van der Waals surface area contributed by atoms with Gasteiger partial charge in [0.25, 0.3) is 0 Å². The summed E-state index contributed by atoms with van der Waals surface area (Å²) in [6.07, 6.45) is 18.3. The van der Waals surface area contributed by atoms with E-state index in [2.05, 4.69) is 20.8 Å². The van der Waals surface area contributed by atoms with Gasteiger partial charge < -0.3 is 0 Å². The summed E-state index contributed by atoms with van der Waals surface area (Å²) in [5.41, 5.74) is 0. The van der Waals surface area contributed by atoms with Crippen LogP contribution in [-0.2, 0) is 0 Å². The maximum Gasteiger partial charge on any atom is -0.0312 e. The molecule has 0 aliphatic heterocycles. The summed E-state index contributed by atoms with van der Waals surface area (Å²) in [5, 5.41) is 0. The molecule has 0 saturated heterocycles. The first-order chi connectivity index (χ1) is 16.8. The molecular formula is C34H52. The molecule has 19 atom stereocenters. The van der Waals surface area contributed by atoms with Crippen molar-refractivity contribution in [3.05, 3.63) is 0 Å². The van der Waals surface area contributed by atoms with Crippen LogP contribution in [0.1, 0.15) is 97.8 Å². The smallest absolute Gasteiger partial charge is 0.0312 e. The van der Waals surface area contributed by atoms with Crippen LogP contribution in [0, 0.1) is 112 Å². The van der Waals surface area contributed by atoms with Gasteiger partial charge in [-0.2, -0.15) is 0 Å². The van der Waals surface area contributed by atoms with E-state index >= 15 is 0 Å². The average molecular weight is 461 g/mol. The average Bonchev–Trinajstić information content (AvgIpc) is 2.79. The molecule has 9 aliphatic carbocycles. The maximum absolute atomic E-state index is 2.63. The minimum Gasteiger partial charge on any atom is -0.0654 e. The molecule has 34 heavy (non-hydrogen) atoms. The fourth-order valence-corrected chi connectivity index (χ4v) is 15.1. The van der Waals surface area contributed by atoms with Crippen LogP contribution in [0.4, 0.5) is 0 Å². The van der Waals surface area contributed by atoms with Gasteiger partial charge >= 0.3 is 0 Å². The van der Waals surface area contributed by atoms with Crippen molar-refractivity contribution >= 4 is 0 Å². The van der Waals surface area contributed by atoms with Crippen LogP contribution in [-0.4, -0.2) is 0 Å². The summed E-state index contributed by atoms with van der Waals surface area (Å²) in [4.78, 5) is 0. The first-order valence-corrected chi connectivity index (χ1v) is 16.8. The minimum atomic E-state index is 1.10. The Morgan fingerprint density at radius 1 is 0.471 bits per heavy atom. The quantitative estimate of drug-likeness (QED) is 0.214. The van der Waals surface area contributed by atoms with E-state index in [1.54, 1.807) is 25.7 Å². The molecule has 0 heterocycles. The lowest BCUT2D eigenvalue weighted by Gasteiger charge is -2.96. The third kappa shape index (κ3) is 2.10. The third-order valence-electron chi connectivity index (χ3n) is 15.9. The summed E-state index contributed by atoms with van der Waals surface area (Å²) in [5.74, 6) is 23.6. The molecule has 0 aromatic rings. The second-order valence-electron chi connectivity index (χ2n) is 15.9. The van der Waals surface area contributed by atoms with Crippen molar-refractivity contribution in [3.63, 3.8) is 0 Å². The fourth-order valence-electron chi connectivity index (χ4n) is 15.1. The van der Waals surface area contributed by atoms with Crippen LogP contribution in [0.5, 0.6) is 0 Å². The summed E-state index contributed by atoms with van der Waals surface area (Å²) in [6.45, 7) is 7.45. The Morgan fingerprint density at radius 3 is 1.53 bits per heavy atom. The highest BCUT2D eigenvalue weighted by atomic mass is 15.0. The Labute approximate surface area is 210 Å². The van der Waals surface area contributed by atoms with Crippen molar-refractivity contribution in [1.29, 1.82) is 0 Å². The highest BCUT2D eigenvalue weighted by molar-refractivity contribution is 5.38. The number of hydrogen-bond acceptors (Lipinski definition) is 0. The molecule has 0 aromatic heterocycles. The van der Waals surface area contributed by atoms with Crippen molar-refractivity contribution in [1.82, 2.24) is 0 Å². The van der Waals surface area contributed by atoms with E-state index < -0.39 is 0 Å². The Bertz CT molecular complexity index is 843. The number of rotatable bonds is 11. The number of hydrogen-bond donors (Lipinski definition) is 0. The molecule has 0 amide bonds. The van der Waals surface area contributed by atoms with E-state index in [9.17, 15) is 0 Å². The highest BCUT2D eigenvalue weighted by Crippen LogP contribution is 2.95. The van der Waals surface area contributed by atoms with Gasteiger partial charge in [-0.05, 0) is 119 Å². The van der Waals surface area contributed by atoms with Gasteiger partial charge in [-0.3, -0.25) is 0 Å². The zero-order valence-corrected chi connectivity index (χ0v) is 22.5. The van der Waals surface area contributed by atoms with Crippen molar-refractivity contribution in [2.75, 3.05) is 0 Å². The van der Waals surface area contributed by atoms with Gasteiger partial charge in [0.2, 0.25) is 0 Å². The largest absolute Gasteiger partial charge is 0.0654 e. The highest BCUT2D eigenvalue weighted by Gasteiger charge is 2.91. The van der Waals surface area contributed by atoms with Gasteiger partial charge in [0.1, 0.15) is 0 Å². The number of unbranched alkanes of at least 4 members (excludes halogenated alkanes) is 8. The zero-order chi connectivity index (χ0) is 22.5. The Morgan fingerprint density at radius 2 is 0.941 bits per heavy atom.